The van der Waals surface area contributed by atoms with E-state index >= 15 is 0 Å². The highest BCUT2D eigenvalue weighted by Gasteiger charge is 2.13. The van der Waals surface area contributed by atoms with Crippen LogP contribution in [-0.2, 0) is 4.79 Å². The van der Waals surface area contributed by atoms with Gasteiger partial charge in [-0.05, 0) is 74.8 Å². The van der Waals surface area contributed by atoms with Crippen molar-refractivity contribution >= 4 is 57.2 Å². The molecule has 0 atom stereocenters. The molecule has 41 heavy (non-hydrogen) atoms. The number of carbonyl (C=O) groups is 2. The number of hydrogen-bond acceptors (Lipinski definition) is 5. The summed E-state index contributed by atoms with van der Waals surface area (Å²) in [6, 6.07) is 25.7. The zero-order valence-corrected chi connectivity index (χ0v) is 23.4. The summed E-state index contributed by atoms with van der Waals surface area (Å²) in [5, 5.41) is 10.6. The molecule has 0 aliphatic rings. The molecule has 5 aromatic rings. The zero-order valence-electron chi connectivity index (χ0n) is 22.6. The van der Waals surface area contributed by atoms with Gasteiger partial charge in [0.2, 0.25) is 5.91 Å². The monoisotopic (exact) mass is 564 g/mol. The van der Waals surface area contributed by atoms with Crippen LogP contribution in [0.25, 0.3) is 22.2 Å². The lowest BCUT2D eigenvalue weighted by Crippen LogP contribution is -2.13. The fourth-order valence-corrected chi connectivity index (χ4v) is 4.46. The lowest BCUT2D eigenvalue weighted by molar-refractivity contribution is -0.111. The number of rotatable bonds is 9. The molecule has 5 rings (SSSR count). The number of nitrogens with one attached hydrogen (secondary N) is 4. The second-order valence-electron chi connectivity index (χ2n) is 9.67. The van der Waals surface area contributed by atoms with Crippen molar-refractivity contribution in [1.82, 2.24) is 14.9 Å². The van der Waals surface area contributed by atoms with Gasteiger partial charge in [0.05, 0.1) is 10.7 Å². The van der Waals surface area contributed by atoms with Crippen molar-refractivity contribution in [3.63, 3.8) is 0 Å². The number of halogens is 1. The first kappa shape index (κ1) is 27.6. The Labute approximate surface area is 243 Å². The molecule has 0 aliphatic heterocycles. The van der Waals surface area contributed by atoms with Crippen LogP contribution in [0.3, 0.4) is 0 Å². The topological polar surface area (TPSA) is 102 Å². The predicted octanol–water partition coefficient (Wildman–Crippen LogP) is 6.94. The van der Waals surface area contributed by atoms with E-state index in [2.05, 4.69) is 20.9 Å². The molecule has 0 fully saturated rings. The van der Waals surface area contributed by atoms with E-state index < -0.39 is 0 Å². The molecule has 0 bridgehead atoms. The number of para-hydroxylation sites is 1. The van der Waals surface area contributed by atoms with Gasteiger partial charge in [-0.2, -0.15) is 0 Å². The number of aromatic nitrogens is 2. The largest absolute Gasteiger partial charge is 0.360 e. The Morgan fingerprint density at radius 3 is 2.49 bits per heavy atom. The fraction of sp³-hybridized carbons (Fsp3) is 0.0938. The van der Waals surface area contributed by atoms with Gasteiger partial charge in [0.25, 0.3) is 5.91 Å². The Balaban J connectivity index is 1.24. The van der Waals surface area contributed by atoms with Gasteiger partial charge in [-0.15, -0.1) is 0 Å². The third kappa shape index (κ3) is 7.00. The number of amides is 2. The number of likely N-dealkylation sites (N-methyl/N-ethyl adjacent to an activating group) is 1. The van der Waals surface area contributed by atoms with Crippen molar-refractivity contribution in [3.05, 3.63) is 114 Å². The molecule has 3 aromatic carbocycles. The molecule has 0 saturated carbocycles. The number of hydrogen-bond donors (Lipinski definition) is 4. The lowest BCUT2D eigenvalue weighted by Gasteiger charge is -2.11. The van der Waals surface area contributed by atoms with E-state index in [0.29, 0.717) is 40.0 Å². The van der Waals surface area contributed by atoms with Gasteiger partial charge in [-0.1, -0.05) is 41.9 Å². The molecule has 2 amide bonds. The van der Waals surface area contributed by atoms with Crippen LogP contribution in [0.1, 0.15) is 10.4 Å². The molecule has 2 heterocycles. The van der Waals surface area contributed by atoms with Crippen LogP contribution < -0.4 is 16.0 Å². The number of nitrogens with zero attached hydrogens (tertiary/aromatic N) is 2. The number of carbonyl (C=O) groups excluding carboxylic acids is 2. The molecule has 4 N–H and O–H groups in total. The normalized spacial score (nSPS) is 11.2. The Morgan fingerprint density at radius 1 is 0.902 bits per heavy atom. The maximum Gasteiger partial charge on any atom is 0.255 e. The number of aromatic amines is 1. The van der Waals surface area contributed by atoms with Gasteiger partial charge in [0.1, 0.15) is 5.82 Å². The molecular formula is C32H29ClN6O2. The van der Waals surface area contributed by atoms with E-state index in [1.54, 1.807) is 30.3 Å². The van der Waals surface area contributed by atoms with Crippen LogP contribution in [0.4, 0.5) is 22.9 Å². The number of benzene rings is 3. The highest BCUT2D eigenvalue weighted by molar-refractivity contribution is 6.33. The SMILES string of the molecule is CN(C)C/C=C/C(=O)Nc1ccc(C(=O)Nc2cccc(Nc3ccc(Cl)c(-c4c[nH]c5ccccc45)n3)c2)cc1. The van der Waals surface area contributed by atoms with Crippen molar-refractivity contribution < 1.29 is 9.59 Å². The lowest BCUT2D eigenvalue weighted by atomic mass is 10.1. The van der Waals surface area contributed by atoms with Gasteiger partial charge in [0, 0.05) is 57.9 Å². The van der Waals surface area contributed by atoms with E-state index in [4.69, 9.17) is 16.6 Å². The Kier molecular flexibility index (Phi) is 8.43. The average Bonchev–Trinajstić information content (AvgIpc) is 3.38. The highest BCUT2D eigenvalue weighted by atomic mass is 35.5. The Bertz CT molecular complexity index is 1730. The van der Waals surface area contributed by atoms with E-state index in [1.165, 1.54) is 6.08 Å². The average molecular weight is 565 g/mol. The first-order valence-corrected chi connectivity index (χ1v) is 13.4. The van der Waals surface area contributed by atoms with Crippen molar-refractivity contribution in [2.75, 3.05) is 36.6 Å². The van der Waals surface area contributed by atoms with Crippen LogP contribution in [0.2, 0.25) is 5.02 Å². The van der Waals surface area contributed by atoms with Gasteiger partial charge >= 0.3 is 0 Å². The molecule has 8 nitrogen and oxygen atoms in total. The third-order valence-corrected chi connectivity index (χ3v) is 6.54. The highest BCUT2D eigenvalue weighted by Crippen LogP contribution is 2.33. The molecule has 9 heteroatoms. The maximum atomic E-state index is 12.9. The summed E-state index contributed by atoms with van der Waals surface area (Å²) in [4.78, 5) is 34.9. The predicted molar refractivity (Wildman–Crippen MR) is 167 cm³/mol. The minimum Gasteiger partial charge on any atom is -0.360 e. The first-order valence-electron chi connectivity index (χ1n) is 13.0. The Hall–Kier alpha value is -4.92. The summed E-state index contributed by atoms with van der Waals surface area (Å²) >= 11 is 6.52. The van der Waals surface area contributed by atoms with Crippen LogP contribution in [0.5, 0.6) is 0 Å². The molecule has 0 saturated heterocycles. The van der Waals surface area contributed by atoms with Crippen molar-refractivity contribution in [2.24, 2.45) is 0 Å². The van der Waals surface area contributed by atoms with Crippen molar-refractivity contribution in [3.8, 4) is 11.3 Å². The molecule has 206 valence electrons. The molecule has 0 spiro atoms. The fourth-order valence-electron chi connectivity index (χ4n) is 4.25. The number of pyridine rings is 1. The smallest absolute Gasteiger partial charge is 0.255 e. The molecular weight excluding hydrogens is 536 g/mol. The molecule has 0 unspecified atom stereocenters. The Morgan fingerprint density at radius 2 is 1.68 bits per heavy atom. The summed E-state index contributed by atoms with van der Waals surface area (Å²) in [6.07, 6.45) is 5.18. The minimum absolute atomic E-state index is 0.225. The second-order valence-corrected chi connectivity index (χ2v) is 10.1. The van der Waals surface area contributed by atoms with Crippen molar-refractivity contribution in [1.29, 1.82) is 0 Å². The van der Waals surface area contributed by atoms with E-state index in [-0.39, 0.29) is 11.8 Å². The first-order chi connectivity index (χ1) is 19.9. The summed E-state index contributed by atoms with van der Waals surface area (Å²) in [5.41, 5.74) is 5.04. The van der Waals surface area contributed by atoms with Crippen LogP contribution in [0.15, 0.2) is 103 Å². The van der Waals surface area contributed by atoms with Gasteiger partial charge < -0.3 is 25.8 Å². The van der Waals surface area contributed by atoms with E-state index in [0.717, 1.165) is 22.2 Å². The molecule has 0 radical (unpaired) electrons. The standard InChI is InChI=1S/C32H29ClN6O2/c1-39(2)18-6-11-30(40)36-22-14-12-21(13-15-22)32(41)37-24-8-5-7-23(19-24)35-29-17-16-27(33)31(38-29)26-20-34-28-10-4-3-9-25(26)28/h3-17,19-20,34H,18H2,1-2H3,(H,35,38)(H,36,40)(H,37,41)/b11-6+. The second kappa shape index (κ2) is 12.5. The van der Waals surface area contributed by atoms with Crippen LogP contribution >= 0.6 is 11.6 Å². The maximum absolute atomic E-state index is 12.9. The van der Waals surface area contributed by atoms with Gasteiger partial charge in [-0.3, -0.25) is 9.59 Å². The van der Waals surface area contributed by atoms with Crippen molar-refractivity contribution in [2.45, 2.75) is 0 Å². The summed E-state index contributed by atoms with van der Waals surface area (Å²) in [5.74, 6) is 0.126. The van der Waals surface area contributed by atoms with Gasteiger partial charge in [0.15, 0.2) is 0 Å². The number of H-pyrrole nitrogens is 1. The number of anilines is 4. The molecule has 0 aliphatic carbocycles. The van der Waals surface area contributed by atoms with Crippen LogP contribution in [0, 0.1) is 0 Å². The third-order valence-electron chi connectivity index (χ3n) is 6.24. The summed E-state index contributed by atoms with van der Waals surface area (Å²) in [6.45, 7) is 0.672. The quantitative estimate of drug-likeness (QED) is 0.145. The number of fused-ring (bicyclic) bond motifs is 1. The summed E-state index contributed by atoms with van der Waals surface area (Å²) in [7, 11) is 3.86. The van der Waals surface area contributed by atoms with E-state index in [9.17, 15) is 9.59 Å². The van der Waals surface area contributed by atoms with Gasteiger partial charge in [-0.25, -0.2) is 4.98 Å². The van der Waals surface area contributed by atoms with Crippen LogP contribution in [-0.4, -0.2) is 47.3 Å². The van der Waals surface area contributed by atoms with E-state index in [1.807, 2.05) is 85.9 Å². The zero-order chi connectivity index (χ0) is 28.8. The molecule has 2 aromatic heterocycles. The summed E-state index contributed by atoms with van der Waals surface area (Å²) < 4.78 is 0. The minimum atomic E-state index is -0.267.